The van der Waals surface area contributed by atoms with E-state index in [-0.39, 0.29) is 95.1 Å². The Kier molecular flexibility index (Phi) is 33.3. The SMILES string of the molecule is CC(=O)Oc1c(Cl)cc(C)cc1Cl.CC(=O)[O-].CCC1CC(C)(C)[N+](C)=c2cc3c(cc21)=C(c1ccccc1C(=O)[O-])c1cc2c(cc1O3)N(C)C(C)(C)CC2CS(=O)(=O)[O-].CCC1CC(C)(C)[N+](C)=c2cc3c(cc21)=C(c1ccccc1C(=O)[O-])c1cc2c(cc1O3)N(C)C(C)(C)CC2CS(=O)(=O)[O-].CN(C)C(Oc1c(Cl)cc(S(=O)(=O)[O-])cc1Cl)=[N+](C)C.F[P-](F)(F)(F)(F)F.[K+]. The van der Waals surface area contributed by atoms with E-state index in [9.17, 15) is 88.7 Å². The van der Waals surface area contributed by atoms with Crippen LogP contribution < -0.4 is 126 Å². The van der Waals surface area contributed by atoms with Gasteiger partial charge in [-0.05, 0) is 183 Å². The van der Waals surface area contributed by atoms with Gasteiger partial charge in [-0.3, -0.25) is 4.79 Å². The van der Waals surface area contributed by atoms with Gasteiger partial charge in [0, 0.05) is 153 Å². The molecule has 14 rings (SSSR count). The Balaban J connectivity index is 0.000000227. The molecular formula is C92H103Cl4F6KN6O20PS3-3. The van der Waals surface area contributed by atoms with Gasteiger partial charge in [0.15, 0.2) is 22.6 Å². The second-order valence-corrected chi connectivity index (χ2v) is 43.9. The van der Waals surface area contributed by atoms with Gasteiger partial charge in [0.05, 0.1) is 97.5 Å². The normalized spacial score (nSPS) is 18.3. The maximum absolute atomic E-state index is 12.4. The van der Waals surface area contributed by atoms with Crippen molar-refractivity contribution in [3.05, 3.63) is 224 Å². The van der Waals surface area contributed by atoms with Crippen LogP contribution in [0.3, 0.4) is 0 Å². The van der Waals surface area contributed by atoms with E-state index in [0.29, 0.717) is 97.1 Å². The van der Waals surface area contributed by atoms with Crippen LogP contribution in [0.5, 0.6) is 34.5 Å². The zero-order chi connectivity index (χ0) is 99.5. The topological polar surface area (TPSA) is 365 Å². The first-order chi connectivity index (χ1) is 60.3. The number of aryl methyl sites for hydroxylation is 1. The smallest absolute Gasteiger partial charge is 1.00 e. The third-order valence-corrected chi connectivity index (χ3v) is 27.6. The largest absolute Gasteiger partial charge is 1.00 e. The number of carboxylic acids is 3. The van der Waals surface area contributed by atoms with E-state index in [1.54, 1.807) is 86.2 Å². The van der Waals surface area contributed by atoms with Crippen LogP contribution in [0, 0.1) is 6.92 Å². The Morgan fingerprint density at radius 1 is 0.519 bits per heavy atom. The van der Waals surface area contributed by atoms with Crippen LogP contribution in [-0.2, 0) is 39.9 Å². The Hall–Kier alpha value is -8.01. The first-order valence-electron chi connectivity index (χ1n) is 41.3. The molecule has 0 spiro atoms. The molecule has 0 bridgehead atoms. The minimum atomic E-state index is -10.7. The van der Waals surface area contributed by atoms with Crippen molar-refractivity contribution in [3.8, 4) is 34.5 Å². The van der Waals surface area contributed by atoms with Crippen LogP contribution in [0.4, 0.5) is 36.6 Å². The molecule has 0 saturated heterocycles. The van der Waals surface area contributed by atoms with E-state index >= 15 is 0 Å². The van der Waals surface area contributed by atoms with Crippen LogP contribution in [0.1, 0.15) is 216 Å². The summed E-state index contributed by atoms with van der Waals surface area (Å²) in [5.74, 6) is -2.99. The van der Waals surface area contributed by atoms with Gasteiger partial charge in [0.25, 0.3) is 0 Å². The zero-order valence-corrected chi connectivity index (χ0v) is 86.8. The molecule has 4 atom stereocenters. The molecule has 0 amide bonds. The fourth-order valence-corrected chi connectivity index (χ4v) is 20.9. The number of carboxylic acid groups (broad SMARTS) is 3. The number of ether oxygens (including phenoxy) is 4. The fourth-order valence-electron chi connectivity index (χ4n) is 17.4. The van der Waals surface area contributed by atoms with Crippen LogP contribution in [0.15, 0.2) is 126 Å². The van der Waals surface area contributed by atoms with Crippen LogP contribution in [0.25, 0.3) is 11.1 Å². The average Bonchev–Trinajstić information content (AvgIpc) is 0.717. The molecule has 6 aliphatic heterocycles. The number of amidine groups is 1. The molecule has 0 N–H and O–H groups in total. The third kappa shape index (κ3) is 26.9. The van der Waals surface area contributed by atoms with Gasteiger partial charge < -0.3 is 72.1 Å². The number of esters is 1. The molecule has 0 fully saturated rings. The molecule has 8 aromatic rings. The summed E-state index contributed by atoms with van der Waals surface area (Å²) in [6.45, 7) is 25.6. The number of hydrogen-bond acceptors (Lipinski definition) is 22. The number of carbonyl (C=O) groups excluding carboxylic acids is 4. The standard InChI is InChI=1S/2C35H40N2O6S.C11H14Cl2N2O4S.C9H8Cl2O2.C2H4O2.F6P.K/c2*1-8-20-17-34(2,3)36(6)28-15-30-26(13-24(20)28)32(22-11-9-10-12-23(22)33(38)39)27-14-25-21(19-44(40,41)42)18-35(4,5)37(7)29(25)16-31(27)43-30;1-14(2)11(15(3)4)19-10-8(12)5-7(6-9(10)13)20(16,17)18;1-5-3-7(10)9(8(11)4-5)13-6(2)12;1-2(3)4;1-7(2,3,4,5)6;/h2*9-16,20-21H,8,17-19H2,1-7H3,(H-,38,39,40,41,42);5-6H,1-4H3;3-4H,1-2H3;1H3,(H,3,4);;/q;;;;;-1;+1/p-3. The predicted molar refractivity (Wildman–Crippen MR) is 488 cm³/mol. The maximum atomic E-state index is 12.4. The van der Waals surface area contributed by atoms with Crippen LogP contribution >= 0.6 is 54.2 Å². The van der Waals surface area contributed by atoms with Gasteiger partial charge in [0.1, 0.15) is 47.2 Å². The predicted octanol–water partition coefficient (Wildman–Crippen LogP) is 10.7. The van der Waals surface area contributed by atoms with Gasteiger partial charge in [-0.15, -0.1) is 0 Å². The van der Waals surface area contributed by atoms with Crippen LogP contribution in [0.2, 0.25) is 20.1 Å². The molecule has 0 radical (unpaired) electrons. The second kappa shape index (κ2) is 40.2. The summed E-state index contributed by atoms with van der Waals surface area (Å²) in [6.07, 6.45) is 4.77. The summed E-state index contributed by atoms with van der Waals surface area (Å²) < 4.78 is 194. The first-order valence-corrected chi connectivity index (χ1v) is 49.4. The van der Waals surface area contributed by atoms with Gasteiger partial charge in [-0.25, -0.2) is 43.9 Å². The monoisotopic (exact) mass is 2030 g/mol. The summed E-state index contributed by atoms with van der Waals surface area (Å²) >= 11 is 23.5. The van der Waals surface area contributed by atoms with E-state index in [1.807, 2.05) is 73.0 Å². The second-order valence-electron chi connectivity index (χ2n) is 36.0. The van der Waals surface area contributed by atoms with Gasteiger partial charge in [0.2, 0.25) is 10.7 Å². The van der Waals surface area contributed by atoms with Crippen molar-refractivity contribution < 1.29 is 173 Å². The zero-order valence-electron chi connectivity index (χ0n) is 77.3. The van der Waals surface area contributed by atoms with Gasteiger partial charge in [-0.1, -0.05) is 109 Å². The molecule has 4 unspecified atom stereocenters. The van der Waals surface area contributed by atoms with E-state index in [0.717, 1.165) is 94.0 Å². The van der Waals surface area contributed by atoms with Crippen molar-refractivity contribution in [2.24, 2.45) is 0 Å². The quantitative estimate of drug-likeness (QED) is 0.0119. The molecule has 0 aliphatic carbocycles. The third-order valence-electron chi connectivity index (χ3n) is 24.1. The molecule has 133 heavy (non-hydrogen) atoms. The summed E-state index contributed by atoms with van der Waals surface area (Å²) in [5.41, 5.74) is 9.13. The molecule has 0 saturated carbocycles. The van der Waals surface area contributed by atoms with Gasteiger partial charge in [-0.2, -0.15) is 0 Å². The fraction of sp³-hybridized carbons (Fsp3) is 0.402. The molecule has 41 heteroatoms. The number of nitrogens with zero attached hydrogens (tertiary/aromatic N) is 6. The molecule has 718 valence electrons. The summed E-state index contributed by atoms with van der Waals surface area (Å²) in [6, 6.07) is 35.4. The molecule has 6 aliphatic rings. The number of anilines is 2. The minimum Gasteiger partial charge on any atom is 1.00 e. The first kappa shape index (κ1) is 110. The summed E-state index contributed by atoms with van der Waals surface area (Å²) in [4.78, 5) is 49.8. The summed E-state index contributed by atoms with van der Waals surface area (Å²) in [5, 5.41) is 38.0. The van der Waals surface area contributed by atoms with Crippen molar-refractivity contribution in [1.29, 1.82) is 0 Å². The number of aliphatic carboxylic acids is 1. The van der Waals surface area contributed by atoms with Crippen molar-refractivity contribution in [2.45, 2.75) is 179 Å². The van der Waals surface area contributed by atoms with Crippen molar-refractivity contribution >= 4 is 137 Å². The van der Waals surface area contributed by atoms with E-state index < -0.39 is 101 Å². The average molecular weight is 2030 g/mol. The van der Waals surface area contributed by atoms with Crippen LogP contribution in [-0.4, -0.2) is 168 Å². The molecule has 0 aromatic heterocycles. The Morgan fingerprint density at radius 2 is 0.850 bits per heavy atom. The van der Waals surface area contributed by atoms with Gasteiger partial charge >= 0.3 is 96.4 Å². The molecule has 8 aromatic carbocycles. The maximum Gasteiger partial charge on any atom is 1.00 e. The minimum absolute atomic E-state index is 0. The Morgan fingerprint density at radius 3 is 1.15 bits per heavy atom. The number of benzene rings is 8. The number of hydrogen-bond donors (Lipinski definition) is 0. The number of rotatable bonds is 13. The number of aromatic carboxylic acids is 2. The molecule has 6 heterocycles. The van der Waals surface area contributed by atoms with E-state index in [1.165, 1.54) is 30.2 Å². The molecule has 26 nitrogen and oxygen atoms in total. The van der Waals surface area contributed by atoms with E-state index in [2.05, 4.69) is 98.9 Å². The summed E-state index contributed by atoms with van der Waals surface area (Å²) in [7, 11) is -9.18. The Bertz CT molecular complexity index is 6370. The number of carbonyl (C=O) groups is 4. The number of halogens is 10. The Labute approximate surface area is 832 Å². The van der Waals surface area contributed by atoms with Crippen molar-refractivity contribution in [3.63, 3.8) is 0 Å². The van der Waals surface area contributed by atoms with E-state index in [4.69, 9.17) is 75.3 Å². The number of fused-ring (bicyclic) bond motifs is 8. The van der Waals surface area contributed by atoms with Crippen molar-refractivity contribution in [1.82, 2.24) is 14.1 Å². The van der Waals surface area contributed by atoms with Crippen molar-refractivity contribution in [2.75, 3.05) is 77.7 Å². The molecular weight excluding hydrogens is 1930 g/mol.